The minimum absolute atomic E-state index is 0.00474. The van der Waals surface area contributed by atoms with E-state index >= 15 is 0 Å². The minimum atomic E-state index is -0.00474. The summed E-state index contributed by atoms with van der Waals surface area (Å²) in [6.07, 6.45) is 1.81. The molecule has 0 radical (unpaired) electrons. The first-order valence-corrected chi connectivity index (χ1v) is 8.21. The lowest BCUT2D eigenvalue weighted by Crippen LogP contribution is -2.19. The molecule has 0 amide bonds. The Balaban J connectivity index is 1.92. The van der Waals surface area contributed by atoms with Crippen LogP contribution in [0.4, 0.5) is 0 Å². The van der Waals surface area contributed by atoms with E-state index in [0.29, 0.717) is 6.54 Å². The Morgan fingerprint density at radius 1 is 1.17 bits per heavy atom. The average molecular weight is 326 g/mol. The standard InChI is InChI=1S/C18H18N2O2S/c1-12-4-5-16(22-3)14(8-12)15-11-23-17(19-15)10-20-7-6-13(2)9-18(20)21/h4-9,11H,10H2,1-3H3. The van der Waals surface area contributed by atoms with Gasteiger partial charge in [-0.3, -0.25) is 4.79 Å². The molecule has 3 rings (SSSR count). The largest absolute Gasteiger partial charge is 0.496 e. The summed E-state index contributed by atoms with van der Waals surface area (Å²) in [7, 11) is 1.66. The van der Waals surface area contributed by atoms with Gasteiger partial charge in [0, 0.05) is 23.2 Å². The summed E-state index contributed by atoms with van der Waals surface area (Å²) < 4.78 is 7.09. The van der Waals surface area contributed by atoms with Gasteiger partial charge >= 0.3 is 0 Å². The van der Waals surface area contributed by atoms with Crippen LogP contribution in [-0.4, -0.2) is 16.7 Å². The maximum Gasteiger partial charge on any atom is 0.251 e. The van der Waals surface area contributed by atoms with Crippen molar-refractivity contribution in [1.29, 1.82) is 0 Å². The van der Waals surface area contributed by atoms with Gasteiger partial charge in [0.25, 0.3) is 5.56 Å². The topological polar surface area (TPSA) is 44.1 Å². The van der Waals surface area contributed by atoms with Crippen molar-refractivity contribution in [1.82, 2.24) is 9.55 Å². The predicted molar refractivity (Wildman–Crippen MR) is 93.4 cm³/mol. The summed E-state index contributed by atoms with van der Waals surface area (Å²) in [4.78, 5) is 16.7. The van der Waals surface area contributed by atoms with Gasteiger partial charge in [0.05, 0.1) is 19.3 Å². The predicted octanol–water partition coefficient (Wildman–Crippen LogP) is 3.65. The molecule has 4 nitrogen and oxygen atoms in total. The first kappa shape index (κ1) is 15.5. The molecule has 3 aromatic rings. The lowest BCUT2D eigenvalue weighted by molar-refractivity contribution is 0.416. The fraction of sp³-hybridized carbons (Fsp3) is 0.222. The average Bonchev–Trinajstić information content (AvgIpc) is 2.98. The molecular formula is C18H18N2O2S. The van der Waals surface area contributed by atoms with Gasteiger partial charge < -0.3 is 9.30 Å². The minimum Gasteiger partial charge on any atom is -0.496 e. The monoisotopic (exact) mass is 326 g/mol. The third kappa shape index (κ3) is 3.35. The number of pyridine rings is 1. The van der Waals surface area contributed by atoms with Gasteiger partial charge in [0.15, 0.2) is 0 Å². The first-order chi connectivity index (χ1) is 11.1. The molecule has 0 unspecified atom stereocenters. The number of methoxy groups -OCH3 is 1. The lowest BCUT2D eigenvalue weighted by Gasteiger charge is -2.07. The number of hydrogen-bond donors (Lipinski definition) is 0. The third-order valence-electron chi connectivity index (χ3n) is 3.64. The molecule has 0 fully saturated rings. The van der Waals surface area contributed by atoms with Crippen LogP contribution in [0.15, 0.2) is 46.7 Å². The molecule has 1 aromatic carbocycles. The molecule has 0 aliphatic carbocycles. The zero-order valence-electron chi connectivity index (χ0n) is 13.4. The highest BCUT2D eigenvalue weighted by Gasteiger charge is 2.11. The van der Waals surface area contributed by atoms with E-state index in [9.17, 15) is 4.79 Å². The van der Waals surface area contributed by atoms with Crippen molar-refractivity contribution in [2.45, 2.75) is 20.4 Å². The lowest BCUT2D eigenvalue weighted by atomic mass is 10.1. The Labute approximate surface area is 139 Å². The van der Waals surface area contributed by atoms with Gasteiger partial charge in [-0.15, -0.1) is 11.3 Å². The molecule has 0 N–H and O–H groups in total. The van der Waals surface area contributed by atoms with E-state index < -0.39 is 0 Å². The van der Waals surface area contributed by atoms with E-state index in [2.05, 4.69) is 11.1 Å². The number of ether oxygens (including phenoxy) is 1. The van der Waals surface area contributed by atoms with E-state index in [0.717, 1.165) is 33.1 Å². The molecule has 5 heteroatoms. The van der Waals surface area contributed by atoms with E-state index in [1.807, 2.05) is 43.6 Å². The van der Waals surface area contributed by atoms with Gasteiger partial charge in [0.2, 0.25) is 0 Å². The SMILES string of the molecule is COc1ccc(C)cc1-c1csc(Cn2ccc(C)cc2=O)n1. The molecule has 0 spiro atoms. The summed E-state index contributed by atoms with van der Waals surface area (Å²) in [5.41, 5.74) is 3.98. The zero-order valence-corrected chi connectivity index (χ0v) is 14.2. The third-order valence-corrected chi connectivity index (χ3v) is 4.47. The summed E-state index contributed by atoms with van der Waals surface area (Å²) in [6, 6.07) is 9.60. The maximum atomic E-state index is 12.0. The van der Waals surface area contributed by atoms with Crippen molar-refractivity contribution >= 4 is 11.3 Å². The highest BCUT2D eigenvalue weighted by atomic mass is 32.1. The fourth-order valence-electron chi connectivity index (χ4n) is 2.41. The van der Waals surface area contributed by atoms with Crippen LogP contribution < -0.4 is 10.3 Å². The Morgan fingerprint density at radius 3 is 2.70 bits per heavy atom. The van der Waals surface area contributed by atoms with Crippen molar-refractivity contribution in [2.24, 2.45) is 0 Å². The molecule has 0 aliphatic heterocycles. The summed E-state index contributed by atoms with van der Waals surface area (Å²) in [6.45, 7) is 4.44. The zero-order chi connectivity index (χ0) is 16.4. The molecule has 23 heavy (non-hydrogen) atoms. The Kier molecular flexibility index (Phi) is 4.30. The van der Waals surface area contributed by atoms with E-state index in [-0.39, 0.29) is 5.56 Å². The van der Waals surface area contributed by atoms with E-state index in [1.54, 1.807) is 29.1 Å². The molecule has 0 bridgehead atoms. The maximum absolute atomic E-state index is 12.0. The molecular weight excluding hydrogens is 308 g/mol. The van der Waals surface area contributed by atoms with Gasteiger partial charge in [0.1, 0.15) is 10.8 Å². The molecule has 2 aromatic heterocycles. The van der Waals surface area contributed by atoms with Gasteiger partial charge in [-0.1, -0.05) is 11.6 Å². The highest BCUT2D eigenvalue weighted by Crippen LogP contribution is 2.31. The molecule has 118 valence electrons. The van der Waals surface area contributed by atoms with Crippen LogP contribution in [0.2, 0.25) is 0 Å². The van der Waals surface area contributed by atoms with Crippen LogP contribution in [-0.2, 0) is 6.54 Å². The fourth-order valence-corrected chi connectivity index (χ4v) is 3.20. The van der Waals surface area contributed by atoms with Crippen molar-refractivity contribution in [3.63, 3.8) is 0 Å². The van der Waals surface area contributed by atoms with Crippen LogP contribution in [0, 0.1) is 13.8 Å². The second-order valence-electron chi connectivity index (χ2n) is 5.50. The van der Waals surface area contributed by atoms with Crippen LogP contribution in [0.25, 0.3) is 11.3 Å². The van der Waals surface area contributed by atoms with Crippen LogP contribution in [0.5, 0.6) is 5.75 Å². The van der Waals surface area contributed by atoms with Gasteiger partial charge in [-0.05, 0) is 37.6 Å². The Hall–Kier alpha value is -2.40. The van der Waals surface area contributed by atoms with Crippen molar-refractivity contribution in [3.05, 3.63) is 68.4 Å². The first-order valence-electron chi connectivity index (χ1n) is 7.33. The van der Waals surface area contributed by atoms with Crippen molar-refractivity contribution in [2.75, 3.05) is 7.11 Å². The number of rotatable bonds is 4. The smallest absolute Gasteiger partial charge is 0.251 e. The quantitative estimate of drug-likeness (QED) is 0.735. The van der Waals surface area contributed by atoms with Crippen molar-refractivity contribution in [3.8, 4) is 17.0 Å². The Morgan fingerprint density at radius 2 is 1.96 bits per heavy atom. The van der Waals surface area contributed by atoms with E-state index in [4.69, 9.17) is 4.74 Å². The summed E-state index contributed by atoms with van der Waals surface area (Å²) in [5, 5.41) is 2.90. The van der Waals surface area contributed by atoms with Crippen LogP contribution >= 0.6 is 11.3 Å². The van der Waals surface area contributed by atoms with Gasteiger partial charge in [-0.25, -0.2) is 4.98 Å². The number of aromatic nitrogens is 2. The summed E-state index contributed by atoms with van der Waals surface area (Å²) in [5.74, 6) is 0.806. The number of nitrogens with zero attached hydrogens (tertiary/aromatic N) is 2. The number of benzene rings is 1. The van der Waals surface area contributed by atoms with Gasteiger partial charge in [-0.2, -0.15) is 0 Å². The second kappa shape index (κ2) is 6.38. The van der Waals surface area contributed by atoms with Crippen molar-refractivity contribution < 1.29 is 4.74 Å². The highest BCUT2D eigenvalue weighted by molar-refractivity contribution is 7.09. The number of thiazole rings is 1. The molecule has 0 atom stereocenters. The molecule has 2 heterocycles. The molecule has 0 saturated carbocycles. The van der Waals surface area contributed by atoms with E-state index in [1.165, 1.54) is 0 Å². The summed E-state index contributed by atoms with van der Waals surface area (Å²) >= 11 is 1.55. The number of aryl methyl sites for hydroxylation is 2. The second-order valence-corrected chi connectivity index (χ2v) is 6.44. The Bertz CT molecular complexity index is 896. The number of hydrogen-bond acceptors (Lipinski definition) is 4. The molecule has 0 aliphatic rings. The van der Waals surface area contributed by atoms with Crippen LogP contribution in [0.3, 0.4) is 0 Å². The normalized spacial score (nSPS) is 10.7. The molecule has 0 saturated heterocycles. The van der Waals surface area contributed by atoms with Crippen LogP contribution in [0.1, 0.15) is 16.1 Å².